The number of aliphatic hydroxyl groups excluding tert-OH is 1. The van der Waals surface area contributed by atoms with Crippen molar-refractivity contribution in [2.45, 2.75) is 76.7 Å². The molecule has 3 saturated heterocycles. The first-order valence-electron chi connectivity index (χ1n) is 11.5. The number of aliphatic carboxylic acids is 1. The summed E-state index contributed by atoms with van der Waals surface area (Å²) in [4.78, 5) is 42.8. The minimum absolute atomic E-state index is 0.190. The second-order valence-electron chi connectivity index (χ2n) is 9.53. The summed E-state index contributed by atoms with van der Waals surface area (Å²) in [6.45, 7) is 10.4. The molecule has 0 aliphatic carbocycles. The number of carbonyl (C=O) groups is 3. The van der Waals surface area contributed by atoms with Crippen molar-refractivity contribution in [2.75, 3.05) is 19.7 Å². The van der Waals surface area contributed by atoms with E-state index < -0.39 is 41.6 Å². The number of rotatable bonds is 11. The van der Waals surface area contributed by atoms with E-state index in [0.717, 1.165) is 12.8 Å². The number of ether oxygens (including phenoxy) is 1. The SMILES string of the molecule is C=CCN(CCCC)C(=O)[C@H]1N([C@@H](CO)CC(C)C)C(=O)[C@@H]2[C@@H](C(=O)O)[C@H]3CC[C@]21O3. The van der Waals surface area contributed by atoms with E-state index >= 15 is 0 Å². The number of hydrogen-bond acceptors (Lipinski definition) is 5. The number of amides is 2. The number of unbranched alkanes of at least 4 members (excludes halogenated alkanes) is 1. The number of fused-ring (bicyclic) bond motifs is 1. The highest BCUT2D eigenvalue weighted by molar-refractivity contribution is 5.98. The normalized spacial score (nSPS) is 32.4. The van der Waals surface area contributed by atoms with Crippen molar-refractivity contribution in [3.8, 4) is 0 Å². The highest BCUT2D eigenvalue weighted by Gasteiger charge is 2.75. The van der Waals surface area contributed by atoms with Gasteiger partial charge >= 0.3 is 5.97 Å². The quantitative estimate of drug-likeness (QED) is 0.477. The van der Waals surface area contributed by atoms with Gasteiger partial charge in [0.05, 0.1) is 30.6 Å². The van der Waals surface area contributed by atoms with Gasteiger partial charge < -0.3 is 24.7 Å². The molecule has 2 amide bonds. The van der Waals surface area contributed by atoms with Crippen LogP contribution in [-0.2, 0) is 19.1 Å². The van der Waals surface area contributed by atoms with E-state index in [0.29, 0.717) is 32.4 Å². The van der Waals surface area contributed by atoms with E-state index in [2.05, 4.69) is 6.58 Å². The molecule has 6 atom stereocenters. The van der Waals surface area contributed by atoms with Gasteiger partial charge in [-0.3, -0.25) is 14.4 Å². The molecule has 8 heteroatoms. The molecular formula is C23H36N2O6. The van der Waals surface area contributed by atoms with Crippen LogP contribution in [0, 0.1) is 17.8 Å². The molecule has 3 aliphatic heterocycles. The second-order valence-corrected chi connectivity index (χ2v) is 9.53. The molecule has 1 spiro atoms. The molecule has 0 aromatic carbocycles. The van der Waals surface area contributed by atoms with Crippen LogP contribution in [0.4, 0.5) is 0 Å². The number of hydrogen-bond donors (Lipinski definition) is 2. The first-order chi connectivity index (χ1) is 14.7. The molecule has 0 saturated carbocycles. The molecule has 8 nitrogen and oxygen atoms in total. The van der Waals surface area contributed by atoms with Gasteiger partial charge in [-0.25, -0.2) is 0 Å². The summed E-state index contributed by atoms with van der Waals surface area (Å²) in [6, 6.07) is -1.48. The van der Waals surface area contributed by atoms with Crippen LogP contribution in [0.15, 0.2) is 12.7 Å². The first kappa shape index (κ1) is 23.7. The van der Waals surface area contributed by atoms with Crippen molar-refractivity contribution < 1.29 is 29.3 Å². The lowest BCUT2D eigenvalue weighted by atomic mass is 9.70. The Morgan fingerprint density at radius 1 is 1.42 bits per heavy atom. The molecule has 2 bridgehead atoms. The Balaban J connectivity index is 2.06. The van der Waals surface area contributed by atoms with Crippen LogP contribution in [0.5, 0.6) is 0 Å². The predicted molar refractivity (Wildman–Crippen MR) is 114 cm³/mol. The number of carbonyl (C=O) groups excluding carboxylic acids is 2. The van der Waals surface area contributed by atoms with E-state index in [-0.39, 0.29) is 24.3 Å². The first-order valence-corrected chi connectivity index (χ1v) is 11.5. The molecule has 0 aromatic heterocycles. The monoisotopic (exact) mass is 436 g/mol. The van der Waals surface area contributed by atoms with Crippen LogP contribution in [-0.4, -0.2) is 81.3 Å². The van der Waals surface area contributed by atoms with E-state index in [1.54, 1.807) is 11.0 Å². The summed E-state index contributed by atoms with van der Waals surface area (Å²) in [6.07, 6.45) is 4.34. The van der Waals surface area contributed by atoms with Crippen molar-refractivity contribution >= 4 is 17.8 Å². The summed E-state index contributed by atoms with van der Waals surface area (Å²) in [7, 11) is 0. The van der Waals surface area contributed by atoms with Crippen molar-refractivity contribution in [3.05, 3.63) is 12.7 Å². The lowest BCUT2D eigenvalue weighted by Crippen LogP contribution is -2.59. The van der Waals surface area contributed by atoms with Gasteiger partial charge in [0, 0.05) is 13.1 Å². The number of likely N-dealkylation sites (tertiary alicyclic amines) is 1. The van der Waals surface area contributed by atoms with Gasteiger partial charge in [-0.1, -0.05) is 33.3 Å². The van der Waals surface area contributed by atoms with Gasteiger partial charge in [0.2, 0.25) is 11.8 Å². The minimum atomic E-state index is -1.14. The fourth-order valence-electron chi connectivity index (χ4n) is 5.83. The molecule has 3 heterocycles. The van der Waals surface area contributed by atoms with Gasteiger partial charge in [-0.2, -0.15) is 0 Å². The molecule has 2 N–H and O–H groups in total. The third-order valence-corrected chi connectivity index (χ3v) is 7.05. The largest absolute Gasteiger partial charge is 0.481 e. The average Bonchev–Trinajstić information content (AvgIpc) is 3.36. The maximum atomic E-state index is 13.9. The van der Waals surface area contributed by atoms with Crippen molar-refractivity contribution in [1.29, 1.82) is 0 Å². The summed E-state index contributed by atoms with van der Waals surface area (Å²) in [5.41, 5.74) is -1.14. The average molecular weight is 437 g/mol. The van der Waals surface area contributed by atoms with Gasteiger partial charge in [0.15, 0.2) is 0 Å². The molecular weight excluding hydrogens is 400 g/mol. The third-order valence-electron chi connectivity index (χ3n) is 7.05. The molecule has 174 valence electrons. The van der Waals surface area contributed by atoms with E-state index in [1.165, 1.54) is 4.90 Å². The topological polar surface area (TPSA) is 107 Å². The van der Waals surface area contributed by atoms with Gasteiger partial charge in [0.25, 0.3) is 0 Å². The molecule has 31 heavy (non-hydrogen) atoms. The Kier molecular flexibility index (Phi) is 7.11. The lowest BCUT2D eigenvalue weighted by molar-refractivity contribution is -0.153. The van der Waals surface area contributed by atoms with Gasteiger partial charge in [0.1, 0.15) is 11.6 Å². The standard InChI is InChI=1S/C23H36N2O6/c1-5-7-11-24(10-6-2)21(28)19-23-9-8-16(31-23)17(22(29)30)18(23)20(27)25(19)15(13-26)12-14(3)4/h6,14-19,26H,2,5,7-13H2,1,3-4H3,(H,29,30)/t15-,16-,17+,18+,19-,23+/m1/s1. The number of aliphatic hydroxyl groups is 1. The molecule has 3 rings (SSSR count). The summed E-state index contributed by atoms with van der Waals surface area (Å²) < 4.78 is 6.23. The Morgan fingerprint density at radius 3 is 2.68 bits per heavy atom. The summed E-state index contributed by atoms with van der Waals surface area (Å²) in [5.74, 6) is -3.33. The van der Waals surface area contributed by atoms with Crippen LogP contribution in [0.1, 0.15) is 52.9 Å². The third kappa shape index (κ3) is 3.89. The van der Waals surface area contributed by atoms with Crippen LogP contribution < -0.4 is 0 Å². The summed E-state index contributed by atoms with van der Waals surface area (Å²) >= 11 is 0. The zero-order chi connectivity index (χ0) is 22.9. The van der Waals surface area contributed by atoms with E-state index in [4.69, 9.17) is 4.74 Å². The fraction of sp³-hybridized carbons (Fsp3) is 0.783. The Labute approximate surface area is 184 Å². The second kappa shape index (κ2) is 9.28. The maximum absolute atomic E-state index is 13.9. The number of carboxylic acids is 1. The predicted octanol–water partition coefficient (Wildman–Crippen LogP) is 1.67. The zero-order valence-corrected chi connectivity index (χ0v) is 18.8. The fourth-order valence-corrected chi connectivity index (χ4v) is 5.83. The maximum Gasteiger partial charge on any atom is 0.310 e. The Morgan fingerprint density at radius 2 is 2.13 bits per heavy atom. The zero-order valence-electron chi connectivity index (χ0n) is 18.8. The van der Waals surface area contributed by atoms with Crippen molar-refractivity contribution in [1.82, 2.24) is 9.80 Å². The Hall–Kier alpha value is -1.93. The Bertz CT molecular complexity index is 725. The van der Waals surface area contributed by atoms with Gasteiger partial charge in [-0.05, 0) is 31.6 Å². The molecule has 0 radical (unpaired) electrons. The van der Waals surface area contributed by atoms with E-state index in [9.17, 15) is 24.6 Å². The van der Waals surface area contributed by atoms with E-state index in [1.807, 2.05) is 20.8 Å². The smallest absolute Gasteiger partial charge is 0.310 e. The number of nitrogens with zero attached hydrogens (tertiary/aromatic N) is 2. The van der Waals surface area contributed by atoms with Crippen molar-refractivity contribution in [3.63, 3.8) is 0 Å². The minimum Gasteiger partial charge on any atom is -0.481 e. The molecule has 3 fully saturated rings. The van der Waals surface area contributed by atoms with Crippen LogP contribution in [0.2, 0.25) is 0 Å². The highest BCUT2D eigenvalue weighted by atomic mass is 16.5. The molecule has 0 aromatic rings. The molecule has 0 unspecified atom stereocenters. The highest BCUT2D eigenvalue weighted by Crippen LogP contribution is 2.59. The van der Waals surface area contributed by atoms with Crippen LogP contribution in [0.25, 0.3) is 0 Å². The van der Waals surface area contributed by atoms with Gasteiger partial charge in [-0.15, -0.1) is 6.58 Å². The lowest BCUT2D eigenvalue weighted by Gasteiger charge is -2.39. The summed E-state index contributed by atoms with van der Waals surface area (Å²) in [5, 5.41) is 20.0. The molecule has 3 aliphatic rings. The van der Waals surface area contributed by atoms with Crippen LogP contribution >= 0.6 is 0 Å². The van der Waals surface area contributed by atoms with Crippen molar-refractivity contribution in [2.24, 2.45) is 17.8 Å². The van der Waals surface area contributed by atoms with Crippen LogP contribution in [0.3, 0.4) is 0 Å². The number of carboxylic acid groups (broad SMARTS) is 1.